The van der Waals surface area contributed by atoms with Crippen LogP contribution in [-0.4, -0.2) is 59.0 Å². The Labute approximate surface area is 169 Å². The van der Waals surface area contributed by atoms with Crippen molar-refractivity contribution in [2.24, 2.45) is 0 Å². The van der Waals surface area contributed by atoms with Gasteiger partial charge in [0.25, 0.3) is 5.91 Å². The van der Waals surface area contributed by atoms with E-state index in [0.29, 0.717) is 30.4 Å². The molecule has 0 unspecified atom stereocenters. The van der Waals surface area contributed by atoms with Crippen LogP contribution in [0.4, 0.5) is 17.3 Å². The van der Waals surface area contributed by atoms with Gasteiger partial charge in [-0.2, -0.15) is 0 Å². The number of aromatic nitrogens is 3. The van der Waals surface area contributed by atoms with Crippen molar-refractivity contribution in [1.82, 2.24) is 19.9 Å². The van der Waals surface area contributed by atoms with Crippen LogP contribution in [-0.2, 0) is 0 Å². The van der Waals surface area contributed by atoms with Crippen LogP contribution < -0.4 is 15.0 Å². The first-order chi connectivity index (χ1) is 14.2. The summed E-state index contributed by atoms with van der Waals surface area (Å²) in [7, 11) is 1.61. The zero-order valence-corrected chi connectivity index (χ0v) is 16.2. The molecule has 8 heteroatoms. The molecule has 0 bridgehead atoms. The minimum absolute atomic E-state index is 0.101. The van der Waals surface area contributed by atoms with E-state index in [-0.39, 0.29) is 5.91 Å². The number of carbonyl (C=O) groups is 1. The van der Waals surface area contributed by atoms with E-state index in [9.17, 15) is 4.79 Å². The van der Waals surface area contributed by atoms with Gasteiger partial charge in [0.15, 0.2) is 0 Å². The number of carbonyl (C=O) groups excluding carboxylic acids is 1. The molecule has 4 rings (SSSR count). The lowest BCUT2D eigenvalue weighted by Crippen LogP contribution is -2.49. The Hall–Kier alpha value is -3.68. The van der Waals surface area contributed by atoms with Crippen molar-refractivity contribution in [3.05, 3.63) is 66.7 Å². The van der Waals surface area contributed by atoms with Crippen LogP contribution in [0.1, 0.15) is 10.5 Å². The molecule has 0 spiro atoms. The van der Waals surface area contributed by atoms with E-state index >= 15 is 0 Å². The predicted octanol–water partition coefficient (Wildman–Crippen LogP) is 2.59. The van der Waals surface area contributed by atoms with Gasteiger partial charge >= 0.3 is 0 Å². The predicted molar refractivity (Wildman–Crippen MR) is 111 cm³/mol. The maximum Gasteiger partial charge on any atom is 0.272 e. The number of nitrogens with zero attached hydrogens (tertiary/aromatic N) is 5. The van der Waals surface area contributed by atoms with Crippen LogP contribution in [0.3, 0.4) is 0 Å². The number of methoxy groups -OCH3 is 1. The Morgan fingerprint density at radius 1 is 1.00 bits per heavy atom. The second-order valence-electron chi connectivity index (χ2n) is 6.58. The fourth-order valence-electron chi connectivity index (χ4n) is 3.27. The average Bonchev–Trinajstić information content (AvgIpc) is 2.80. The Bertz CT molecular complexity index is 974. The van der Waals surface area contributed by atoms with Crippen molar-refractivity contribution in [2.45, 2.75) is 0 Å². The van der Waals surface area contributed by atoms with Gasteiger partial charge in [-0.1, -0.05) is 18.2 Å². The number of pyridine rings is 1. The zero-order valence-electron chi connectivity index (χ0n) is 16.2. The summed E-state index contributed by atoms with van der Waals surface area (Å²) in [6.07, 6.45) is 3.18. The Morgan fingerprint density at radius 3 is 2.55 bits per heavy atom. The quantitative estimate of drug-likeness (QED) is 0.717. The van der Waals surface area contributed by atoms with Crippen LogP contribution in [0.25, 0.3) is 0 Å². The van der Waals surface area contributed by atoms with E-state index < -0.39 is 0 Å². The molecule has 0 saturated carbocycles. The second-order valence-corrected chi connectivity index (χ2v) is 6.58. The van der Waals surface area contributed by atoms with Gasteiger partial charge in [0, 0.05) is 38.4 Å². The highest BCUT2D eigenvalue weighted by molar-refractivity contribution is 5.93. The first-order valence-electron chi connectivity index (χ1n) is 9.42. The topological polar surface area (TPSA) is 83.5 Å². The molecule has 0 aliphatic carbocycles. The molecule has 1 amide bonds. The fraction of sp³-hybridized carbons (Fsp3) is 0.238. The number of amides is 1. The molecule has 3 aromatic rings. The molecular weight excluding hydrogens is 368 g/mol. The highest BCUT2D eigenvalue weighted by Gasteiger charge is 2.24. The molecule has 148 valence electrons. The highest BCUT2D eigenvalue weighted by atomic mass is 16.5. The van der Waals surface area contributed by atoms with Crippen molar-refractivity contribution in [3.63, 3.8) is 0 Å². The fourth-order valence-corrected chi connectivity index (χ4v) is 3.27. The molecule has 1 fully saturated rings. The van der Waals surface area contributed by atoms with E-state index in [1.165, 1.54) is 6.33 Å². The van der Waals surface area contributed by atoms with Crippen molar-refractivity contribution < 1.29 is 9.53 Å². The standard InChI is InChI=1S/C21H22N6O2/c1-29-18-7-3-2-6-16(18)25-19-14-17(23-15-24-19)21(28)27-12-10-26(11-13-27)20-8-4-5-9-22-20/h2-9,14-15H,10-13H2,1H3,(H,23,24,25). The number of piperazine rings is 1. The lowest BCUT2D eigenvalue weighted by Gasteiger charge is -2.35. The zero-order chi connectivity index (χ0) is 20.1. The summed E-state index contributed by atoms with van der Waals surface area (Å²) in [6, 6.07) is 15.1. The molecule has 8 nitrogen and oxygen atoms in total. The Morgan fingerprint density at radius 2 is 1.79 bits per heavy atom. The lowest BCUT2D eigenvalue weighted by atomic mass is 10.2. The van der Waals surface area contributed by atoms with Gasteiger partial charge in [0.2, 0.25) is 0 Å². The lowest BCUT2D eigenvalue weighted by molar-refractivity contribution is 0.0740. The maximum atomic E-state index is 12.9. The van der Waals surface area contributed by atoms with Gasteiger partial charge in [0.1, 0.15) is 29.4 Å². The second kappa shape index (κ2) is 8.55. The SMILES string of the molecule is COc1ccccc1Nc1cc(C(=O)N2CCN(c3ccccn3)CC2)ncn1. The highest BCUT2D eigenvalue weighted by Crippen LogP contribution is 2.26. The van der Waals surface area contributed by atoms with Crippen molar-refractivity contribution in [2.75, 3.05) is 43.5 Å². The van der Waals surface area contributed by atoms with Gasteiger partial charge in [-0.25, -0.2) is 15.0 Å². The number of anilines is 3. The number of hydrogen-bond acceptors (Lipinski definition) is 7. The van der Waals surface area contributed by atoms with Crippen LogP contribution >= 0.6 is 0 Å². The average molecular weight is 390 g/mol. The molecule has 3 heterocycles. The summed E-state index contributed by atoms with van der Waals surface area (Å²) in [5.74, 6) is 2.07. The van der Waals surface area contributed by atoms with Crippen LogP contribution in [0.2, 0.25) is 0 Å². The molecule has 1 saturated heterocycles. The van der Waals surface area contributed by atoms with Crippen molar-refractivity contribution in [1.29, 1.82) is 0 Å². The molecular formula is C21H22N6O2. The smallest absolute Gasteiger partial charge is 0.272 e. The number of para-hydroxylation sites is 2. The monoisotopic (exact) mass is 390 g/mol. The molecule has 1 N–H and O–H groups in total. The summed E-state index contributed by atoms with van der Waals surface area (Å²) in [5, 5.41) is 3.19. The van der Waals surface area contributed by atoms with E-state index in [0.717, 1.165) is 24.6 Å². The number of benzene rings is 1. The van der Waals surface area contributed by atoms with Crippen molar-refractivity contribution >= 4 is 23.2 Å². The molecule has 2 aromatic heterocycles. The van der Waals surface area contributed by atoms with Crippen LogP contribution in [0, 0.1) is 0 Å². The number of rotatable bonds is 5. The number of ether oxygens (including phenoxy) is 1. The molecule has 1 aliphatic rings. The van der Waals surface area contributed by atoms with Gasteiger partial charge in [-0.15, -0.1) is 0 Å². The van der Waals surface area contributed by atoms with E-state index in [4.69, 9.17) is 4.74 Å². The minimum atomic E-state index is -0.101. The third-order valence-corrected chi connectivity index (χ3v) is 4.80. The van der Waals surface area contributed by atoms with E-state index in [1.807, 2.05) is 47.4 Å². The number of nitrogens with one attached hydrogen (secondary N) is 1. The maximum absolute atomic E-state index is 12.9. The number of hydrogen-bond donors (Lipinski definition) is 1. The van der Waals surface area contributed by atoms with Gasteiger partial charge in [0.05, 0.1) is 12.8 Å². The molecule has 0 radical (unpaired) electrons. The Kier molecular flexibility index (Phi) is 5.51. The van der Waals surface area contributed by atoms with E-state index in [2.05, 4.69) is 25.2 Å². The van der Waals surface area contributed by atoms with E-state index in [1.54, 1.807) is 19.4 Å². The normalized spacial score (nSPS) is 13.8. The molecule has 1 aromatic carbocycles. The first-order valence-corrected chi connectivity index (χ1v) is 9.42. The summed E-state index contributed by atoms with van der Waals surface area (Å²) >= 11 is 0. The molecule has 29 heavy (non-hydrogen) atoms. The molecule has 0 atom stereocenters. The van der Waals surface area contributed by atoms with Gasteiger partial charge < -0.3 is 19.9 Å². The Balaban J connectivity index is 1.43. The molecule has 1 aliphatic heterocycles. The van der Waals surface area contributed by atoms with Gasteiger partial charge in [-0.3, -0.25) is 4.79 Å². The minimum Gasteiger partial charge on any atom is -0.495 e. The van der Waals surface area contributed by atoms with Gasteiger partial charge in [-0.05, 0) is 24.3 Å². The summed E-state index contributed by atoms with van der Waals surface area (Å²) in [5.41, 5.74) is 1.14. The first kappa shape index (κ1) is 18.7. The van der Waals surface area contributed by atoms with Crippen LogP contribution in [0.5, 0.6) is 5.75 Å². The van der Waals surface area contributed by atoms with Crippen molar-refractivity contribution in [3.8, 4) is 5.75 Å². The third kappa shape index (κ3) is 4.26. The summed E-state index contributed by atoms with van der Waals surface area (Å²) in [6.45, 7) is 2.71. The third-order valence-electron chi connectivity index (χ3n) is 4.80. The summed E-state index contributed by atoms with van der Waals surface area (Å²) < 4.78 is 5.35. The largest absolute Gasteiger partial charge is 0.495 e. The van der Waals surface area contributed by atoms with Crippen LogP contribution in [0.15, 0.2) is 61.1 Å². The summed E-state index contributed by atoms with van der Waals surface area (Å²) in [4.78, 5) is 29.7.